The van der Waals surface area contributed by atoms with Crippen LogP contribution in [0.4, 0.5) is 0 Å². The van der Waals surface area contributed by atoms with E-state index in [1.165, 1.54) is 29.5 Å². The van der Waals surface area contributed by atoms with E-state index in [1.54, 1.807) is 0 Å². The molecular formula is C13H18BrN. The van der Waals surface area contributed by atoms with Gasteiger partial charge in [0.1, 0.15) is 0 Å². The molecular weight excluding hydrogens is 250 g/mol. The zero-order chi connectivity index (χ0) is 10.8. The van der Waals surface area contributed by atoms with E-state index in [2.05, 4.69) is 58.9 Å². The van der Waals surface area contributed by atoms with Gasteiger partial charge in [0.2, 0.25) is 0 Å². The minimum Gasteiger partial charge on any atom is -0.300 e. The highest BCUT2D eigenvalue weighted by atomic mass is 79.9. The van der Waals surface area contributed by atoms with Crippen LogP contribution in [0.2, 0.25) is 0 Å². The van der Waals surface area contributed by atoms with Gasteiger partial charge in [-0.05, 0) is 50.4 Å². The first-order valence-corrected chi connectivity index (χ1v) is 6.45. The third-order valence-corrected chi connectivity index (χ3v) is 3.76. The summed E-state index contributed by atoms with van der Waals surface area (Å²) in [5, 5.41) is 0. The van der Waals surface area contributed by atoms with E-state index in [0.29, 0.717) is 6.04 Å². The maximum atomic E-state index is 3.54. The average Bonchev–Trinajstić information content (AvgIpc) is 2.66. The van der Waals surface area contributed by atoms with Crippen LogP contribution in [0.5, 0.6) is 0 Å². The number of rotatable bonds is 2. The Morgan fingerprint density at radius 2 is 2.20 bits per heavy atom. The van der Waals surface area contributed by atoms with E-state index in [9.17, 15) is 0 Å². The molecule has 1 aliphatic heterocycles. The molecule has 1 unspecified atom stereocenters. The smallest absolute Gasteiger partial charge is 0.0178 e. The maximum Gasteiger partial charge on any atom is 0.0178 e. The van der Waals surface area contributed by atoms with Crippen LogP contribution in [0, 0.1) is 0 Å². The topological polar surface area (TPSA) is 3.24 Å². The van der Waals surface area contributed by atoms with Crippen LogP contribution >= 0.6 is 15.9 Å². The van der Waals surface area contributed by atoms with Crippen LogP contribution < -0.4 is 0 Å². The predicted octanol–water partition coefficient (Wildman–Crippen LogP) is 3.65. The molecule has 1 aromatic rings. The monoisotopic (exact) mass is 267 g/mol. The van der Waals surface area contributed by atoms with Crippen LogP contribution in [0.1, 0.15) is 31.7 Å². The molecule has 1 heterocycles. The highest BCUT2D eigenvalue weighted by molar-refractivity contribution is 9.10. The molecule has 0 radical (unpaired) electrons. The summed E-state index contributed by atoms with van der Waals surface area (Å²) in [6.07, 6.45) is 1.30. The largest absolute Gasteiger partial charge is 0.300 e. The van der Waals surface area contributed by atoms with E-state index < -0.39 is 0 Å². The SMILES string of the molecule is CC(C)N1CCC(c2cccc(Br)c2)C1. The Hall–Kier alpha value is -0.340. The molecule has 0 bridgehead atoms. The highest BCUT2D eigenvalue weighted by Crippen LogP contribution is 2.29. The lowest BCUT2D eigenvalue weighted by atomic mass is 9.99. The minimum atomic E-state index is 0.683. The second-order valence-electron chi connectivity index (χ2n) is 4.63. The van der Waals surface area contributed by atoms with Gasteiger partial charge in [0, 0.05) is 17.1 Å². The molecule has 1 saturated heterocycles. The van der Waals surface area contributed by atoms with Crippen molar-refractivity contribution in [1.29, 1.82) is 0 Å². The van der Waals surface area contributed by atoms with Crippen molar-refractivity contribution in [1.82, 2.24) is 4.90 Å². The second-order valence-corrected chi connectivity index (χ2v) is 5.54. The van der Waals surface area contributed by atoms with Crippen LogP contribution in [-0.4, -0.2) is 24.0 Å². The van der Waals surface area contributed by atoms with Gasteiger partial charge in [-0.2, -0.15) is 0 Å². The van der Waals surface area contributed by atoms with Crippen molar-refractivity contribution in [3.8, 4) is 0 Å². The average molecular weight is 268 g/mol. The van der Waals surface area contributed by atoms with Crippen LogP contribution in [0.3, 0.4) is 0 Å². The minimum absolute atomic E-state index is 0.683. The summed E-state index contributed by atoms with van der Waals surface area (Å²) < 4.78 is 1.20. The van der Waals surface area contributed by atoms with Gasteiger partial charge in [-0.25, -0.2) is 0 Å². The zero-order valence-corrected chi connectivity index (χ0v) is 11.0. The fourth-order valence-electron chi connectivity index (χ4n) is 2.29. The third kappa shape index (κ3) is 2.61. The molecule has 15 heavy (non-hydrogen) atoms. The van der Waals surface area contributed by atoms with Gasteiger partial charge in [-0.15, -0.1) is 0 Å². The summed E-state index contributed by atoms with van der Waals surface area (Å²) >= 11 is 3.54. The molecule has 1 nitrogen and oxygen atoms in total. The van der Waals surface area contributed by atoms with Gasteiger partial charge < -0.3 is 4.90 Å². The van der Waals surface area contributed by atoms with Crippen molar-refractivity contribution < 1.29 is 0 Å². The Labute approximate surface area is 101 Å². The van der Waals surface area contributed by atoms with E-state index in [-0.39, 0.29) is 0 Å². The number of nitrogens with zero attached hydrogens (tertiary/aromatic N) is 1. The molecule has 82 valence electrons. The van der Waals surface area contributed by atoms with E-state index in [1.807, 2.05) is 0 Å². The van der Waals surface area contributed by atoms with E-state index in [4.69, 9.17) is 0 Å². The Morgan fingerprint density at radius 3 is 2.80 bits per heavy atom. The first kappa shape index (κ1) is 11.2. The summed E-state index contributed by atoms with van der Waals surface area (Å²) in [6.45, 7) is 7.02. The molecule has 2 heteroatoms. The van der Waals surface area contributed by atoms with Crippen LogP contribution in [-0.2, 0) is 0 Å². The van der Waals surface area contributed by atoms with E-state index >= 15 is 0 Å². The van der Waals surface area contributed by atoms with E-state index in [0.717, 1.165) is 5.92 Å². The lowest BCUT2D eigenvalue weighted by Crippen LogP contribution is -2.27. The van der Waals surface area contributed by atoms with Crippen molar-refractivity contribution in [2.24, 2.45) is 0 Å². The Kier molecular flexibility index (Phi) is 3.47. The lowest BCUT2D eigenvalue weighted by molar-refractivity contribution is 0.272. The number of hydrogen-bond acceptors (Lipinski definition) is 1. The predicted molar refractivity (Wildman–Crippen MR) is 68.2 cm³/mol. The van der Waals surface area contributed by atoms with Crippen molar-refractivity contribution >= 4 is 15.9 Å². The lowest BCUT2D eigenvalue weighted by Gasteiger charge is -2.20. The van der Waals surface area contributed by atoms with Crippen LogP contribution in [0.15, 0.2) is 28.7 Å². The molecule has 2 rings (SSSR count). The summed E-state index contributed by atoms with van der Waals surface area (Å²) in [5.74, 6) is 0.727. The highest BCUT2D eigenvalue weighted by Gasteiger charge is 2.25. The molecule has 0 saturated carbocycles. The summed E-state index contributed by atoms with van der Waals surface area (Å²) in [6, 6.07) is 9.42. The molecule has 0 spiro atoms. The number of benzene rings is 1. The Morgan fingerprint density at radius 1 is 1.40 bits per heavy atom. The van der Waals surface area contributed by atoms with Gasteiger partial charge in [0.05, 0.1) is 0 Å². The zero-order valence-electron chi connectivity index (χ0n) is 9.41. The quantitative estimate of drug-likeness (QED) is 0.791. The maximum absolute atomic E-state index is 3.54. The first-order chi connectivity index (χ1) is 7.16. The number of likely N-dealkylation sites (tertiary alicyclic amines) is 1. The van der Waals surface area contributed by atoms with Crippen molar-refractivity contribution in [2.45, 2.75) is 32.2 Å². The second kappa shape index (κ2) is 4.67. The Bertz CT molecular complexity index is 335. The van der Waals surface area contributed by atoms with Gasteiger partial charge in [0.25, 0.3) is 0 Å². The number of hydrogen-bond donors (Lipinski definition) is 0. The molecule has 0 aromatic heterocycles. The van der Waals surface area contributed by atoms with Crippen molar-refractivity contribution in [3.05, 3.63) is 34.3 Å². The normalized spacial score (nSPS) is 22.5. The summed E-state index contributed by atoms with van der Waals surface area (Å²) in [4.78, 5) is 2.56. The molecule has 0 aliphatic carbocycles. The van der Waals surface area contributed by atoms with Crippen LogP contribution in [0.25, 0.3) is 0 Å². The fourth-order valence-corrected chi connectivity index (χ4v) is 2.71. The third-order valence-electron chi connectivity index (χ3n) is 3.27. The van der Waals surface area contributed by atoms with Gasteiger partial charge in [0.15, 0.2) is 0 Å². The van der Waals surface area contributed by atoms with Gasteiger partial charge in [-0.1, -0.05) is 28.1 Å². The Balaban J connectivity index is 2.08. The van der Waals surface area contributed by atoms with Gasteiger partial charge in [-0.3, -0.25) is 0 Å². The number of halogens is 1. The fraction of sp³-hybridized carbons (Fsp3) is 0.538. The van der Waals surface area contributed by atoms with Gasteiger partial charge >= 0.3 is 0 Å². The first-order valence-electron chi connectivity index (χ1n) is 5.66. The molecule has 1 aromatic carbocycles. The van der Waals surface area contributed by atoms with Crippen molar-refractivity contribution in [3.63, 3.8) is 0 Å². The molecule has 1 atom stereocenters. The summed E-state index contributed by atoms with van der Waals surface area (Å²) in [7, 11) is 0. The standard InChI is InChI=1S/C13H18BrN/c1-10(2)15-7-6-12(9-15)11-4-3-5-13(14)8-11/h3-5,8,10,12H,6-7,9H2,1-2H3. The molecule has 0 amide bonds. The molecule has 1 aliphatic rings. The molecule has 0 N–H and O–H groups in total. The molecule has 1 fully saturated rings. The summed E-state index contributed by atoms with van der Waals surface area (Å²) in [5.41, 5.74) is 1.48. The van der Waals surface area contributed by atoms with Crippen molar-refractivity contribution in [2.75, 3.05) is 13.1 Å².